The molecule has 0 aliphatic carbocycles. The summed E-state index contributed by atoms with van der Waals surface area (Å²) in [5.74, 6) is 0.636. The van der Waals surface area contributed by atoms with Crippen LogP contribution in [0, 0.1) is 6.92 Å². The Morgan fingerprint density at radius 2 is 2.21 bits per heavy atom. The van der Waals surface area contributed by atoms with Crippen molar-refractivity contribution in [3.63, 3.8) is 0 Å². The molecule has 6 nitrogen and oxygen atoms in total. The van der Waals surface area contributed by atoms with Gasteiger partial charge < -0.3 is 14.5 Å². The first-order valence-electron chi connectivity index (χ1n) is 7.88. The summed E-state index contributed by atoms with van der Waals surface area (Å²) in [4.78, 5) is 20.5. The number of rotatable bonds is 6. The van der Waals surface area contributed by atoms with Crippen molar-refractivity contribution in [2.24, 2.45) is 0 Å². The number of hydrogen-bond donors (Lipinski definition) is 1. The molecule has 24 heavy (non-hydrogen) atoms. The minimum absolute atomic E-state index is 0.0556. The van der Waals surface area contributed by atoms with Crippen molar-refractivity contribution in [3.8, 4) is 5.75 Å². The predicted octanol–water partition coefficient (Wildman–Crippen LogP) is 2.16. The number of nitrogens with one attached hydrogen (secondary N) is 1. The number of pyridine rings is 2. The zero-order chi connectivity index (χ0) is 16.9. The summed E-state index contributed by atoms with van der Waals surface area (Å²) in [6, 6.07) is 7.61. The van der Waals surface area contributed by atoms with Gasteiger partial charge in [-0.15, -0.1) is 0 Å². The maximum absolute atomic E-state index is 12.2. The first kappa shape index (κ1) is 16.0. The van der Waals surface area contributed by atoms with Gasteiger partial charge in [0.1, 0.15) is 17.5 Å². The van der Waals surface area contributed by atoms with Crippen molar-refractivity contribution in [2.45, 2.75) is 26.4 Å². The van der Waals surface area contributed by atoms with Gasteiger partial charge in [0.15, 0.2) is 0 Å². The van der Waals surface area contributed by atoms with Crippen LogP contribution in [0.2, 0.25) is 0 Å². The van der Waals surface area contributed by atoms with Crippen molar-refractivity contribution in [2.75, 3.05) is 6.54 Å². The SMILES string of the molecule is Cc1cccn2c(CC(=O)NC[C@H](C)Oc3cccnc3)cnc12. The highest BCUT2D eigenvalue weighted by Crippen LogP contribution is 2.12. The van der Waals surface area contributed by atoms with E-state index in [1.165, 1.54) is 0 Å². The van der Waals surface area contributed by atoms with Gasteiger partial charge in [0.25, 0.3) is 0 Å². The lowest BCUT2D eigenvalue weighted by Crippen LogP contribution is -2.34. The molecule has 3 rings (SSSR count). The van der Waals surface area contributed by atoms with Crippen LogP contribution in [-0.2, 0) is 11.2 Å². The molecule has 0 unspecified atom stereocenters. The number of aromatic nitrogens is 3. The molecular formula is C18H20N4O2. The molecule has 6 heteroatoms. The molecule has 0 spiro atoms. The maximum atomic E-state index is 12.2. The molecule has 3 heterocycles. The molecule has 0 saturated carbocycles. The molecular weight excluding hydrogens is 304 g/mol. The van der Waals surface area contributed by atoms with E-state index in [1.54, 1.807) is 18.6 Å². The zero-order valence-corrected chi connectivity index (χ0v) is 13.8. The predicted molar refractivity (Wildman–Crippen MR) is 91.0 cm³/mol. The van der Waals surface area contributed by atoms with Crippen LogP contribution in [0.3, 0.4) is 0 Å². The third-order valence-corrected chi connectivity index (χ3v) is 3.71. The molecule has 0 aromatic carbocycles. The number of carbonyl (C=O) groups excluding carboxylic acids is 1. The largest absolute Gasteiger partial charge is 0.487 e. The Hall–Kier alpha value is -2.89. The van der Waals surface area contributed by atoms with Crippen LogP contribution in [0.1, 0.15) is 18.2 Å². The van der Waals surface area contributed by atoms with Crippen molar-refractivity contribution in [1.82, 2.24) is 19.7 Å². The average molecular weight is 324 g/mol. The Morgan fingerprint density at radius 3 is 3.00 bits per heavy atom. The minimum atomic E-state index is -0.137. The number of imidazole rings is 1. The molecule has 0 radical (unpaired) electrons. The third-order valence-electron chi connectivity index (χ3n) is 3.71. The summed E-state index contributed by atoms with van der Waals surface area (Å²) in [5, 5.41) is 2.89. The van der Waals surface area contributed by atoms with Crippen LogP contribution in [0.4, 0.5) is 0 Å². The highest BCUT2D eigenvalue weighted by atomic mass is 16.5. The Bertz CT molecular complexity index is 829. The standard InChI is InChI=1S/C18H20N4O2/c1-13-5-4-8-22-15(11-21-18(13)22)9-17(23)20-10-14(2)24-16-6-3-7-19-12-16/h3-8,11-12,14H,9-10H2,1-2H3,(H,20,23)/t14-/m0/s1. The van der Waals surface area contributed by atoms with Gasteiger partial charge in [-0.1, -0.05) is 6.07 Å². The molecule has 0 fully saturated rings. The minimum Gasteiger partial charge on any atom is -0.487 e. The van der Waals surface area contributed by atoms with Crippen molar-refractivity contribution in [1.29, 1.82) is 0 Å². The summed E-state index contributed by atoms with van der Waals surface area (Å²) in [7, 11) is 0. The Kier molecular flexibility index (Phi) is 4.74. The van der Waals surface area contributed by atoms with E-state index in [4.69, 9.17) is 4.74 Å². The third kappa shape index (κ3) is 3.71. The van der Waals surface area contributed by atoms with E-state index < -0.39 is 0 Å². The fourth-order valence-electron chi connectivity index (χ4n) is 2.51. The van der Waals surface area contributed by atoms with Gasteiger partial charge in [0.2, 0.25) is 5.91 Å². The van der Waals surface area contributed by atoms with Gasteiger partial charge >= 0.3 is 0 Å². The second-order valence-electron chi connectivity index (χ2n) is 5.73. The molecule has 1 amide bonds. The van der Waals surface area contributed by atoms with Gasteiger partial charge in [-0.25, -0.2) is 4.98 Å². The Morgan fingerprint density at radius 1 is 1.33 bits per heavy atom. The lowest BCUT2D eigenvalue weighted by atomic mass is 10.3. The van der Waals surface area contributed by atoms with Crippen molar-refractivity contribution < 1.29 is 9.53 Å². The van der Waals surface area contributed by atoms with Gasteiger partial charge in [-0.05, 0) is 37.6 Å². The molecule has 3 aromatic heterocycles. The average Bonchev–Trinajstić information content (AvgIpc) is 2.98. The normalized spacial score (nSPS) is 12.1. The van der Waals surface area contributed by atoms with E-state index >= 15 is 0 Å². The lowest BCUT2D eigenvalue weighted by Gasteiger charge is -2.15. The first-order valence-corrected chi connectivity index (χ1v) is 7.88. The van der Waals surface area contributed by atoms with E-state index in [0.717, 1.165) is 16.9 Å². The van der Waals surface area contributed by atoms with E-state index in [0.29, 0.717) is 12.3 Å². The topological polar surface area (TPSA) is 68.5 Å². The Labute approximate surface area is 140 Å². The summed E-state index contributed by atoms with van der Waals surface area (Å²) < 4.78 is 7.64. The lowest BCUT2D eigenvalue weighted by molar-refractivity contribution is -0.120. The van der Waals surface area contributed by atoms with Crippen LogP contribution >= 0.6 is 0 Å². The number of fused-ring (bicyclic) bond motifs is 1. The summed E-state index contributed by atoms with van der Waals surface area (Å²) in [6.07, 6.45) is 7.16. The molecule has 0 aliphatic rings. The first-order chi connectivity index (χ1) is 11.6. The van der Waals surface area contributed by atoms with E-state index in [1.807, 2.05) is 48.7 Å². The van der Waals surface area contributed by atoms with Crippen LogP contribution < -0.4 is 10.1 Å². The number of carbonyl (C=O) groups is 1. The molecule has 3 aromatic rings. The summed E-state index contributed by atoms with van der Waals surface area (Å²) in [5.41, 5.74) is 2.84. The van der Waals surface area contributed by atoms with E-state index in [-0.39, 0.29) is 18.4 Å². The summed E-state index contributed by atoms with van der Waals surface area (Å²) in [6.45, 7) is 4.35. The fourth-order valence-corrected chi connectivity index (χ4v) is 2.51. The number of aryl methyl sites for hydroxylation is 1. The fraction of sp³-hybridized carbons (Fsp3) is 0.278. The second-order valence-corrected chi connectivity index (χ2v) is 5.73. The molecule has 0 aliphatic heterocycles. The van der Waals surface area contributed by atoms with Crippen molar-refractivity contribution >= 4 is 11.6 Å². The molecule has 0 bridgehead atoms. The number of amides is 1. The number of nitrogens with zero attached hydrogens (tertiary/aromatic N) is 3. The highest BCUT2D eigenvalue weighted by molar-refractivity contribution is 5.78. The van der Waals surface area contributed by atoms with Gasteiger partial charge in [0, 0.05) is 18.6 Å². The van der Waals surface area contributed by atoms with Crippen LogP contribution in [-0.4, -0.2) is 32.9 Å². The smallest absolute Gasteiger partial charge is 0.226 e. The number of ether oxygens (including phenoxy) is 1. The quantitative estimate of drug-likeness (QED) is 0.754. The molecule has 1 N–H and O–H groups in total. The van der Waals surface area contributed by atoms with Crippen LogP contribution in [0.15, 0.2) is 49.1 Å². The van der Waals surface area contributed by atoms with E-state index in [9.17, 15) is 4.79 Å². The van der Waals surface area contributed by atoms with Gasteiger partial charge in [0.05, 0.1) is 24.9 Å². The molecule has 0 saturated heterocycles. The Balaban J connectivity index is 1.54. The summed E-state index contributed by atoms with van der Waals surface area (Å²) >= 11 is 0. The maximum Gasteiger partial charge on any atom is 0.226 e. The highest BCUT2D eigenvalue weighted by Gasteiger charge is 2.11. The molecule has 1 atom stereocenters. The number of hydrogen-bond acceptors (Lipinski definition) is 4. The monoisotopic (exact) mass is 324 g/mol. The van der Waals surface area contributed by atoms with E-state index in [2.05, 4.69) is 15.3 Å². The van der Waals surface area contributed by atoms with Crippen molar-refractivity contribution in [3.05, 3.63) is 60.3 Å². The second kappa shape index (κ2) is 7.12. The van der Waals surface area contributed by atoms with Gasteiger partial charge in [-0.2, -0.15) is 0 Å². The zero-order valence-electron chi connectivity index (χ0n) is 13.8. The van der Waals surface area contributed by atoms with Crippen LogP contribution in [0.5, 0.6) is 5.75 Å². The molecule has 124 valence electrons. The van der Waals surface area contributed by atoms with Crippen LogP contribution in [0.25, 0.3) is 5.65 Å². The van der Waals surface area contributed by atoms with Gasteiger partial charge in [-0.3, -0.25) is 9.78 Å².